The van der Waals surface area contributed by atoms with Crippen molar-refractivity contribution >= 4 is 63.4 Å². The summed E-state index contributed by atoms with van der Waals surface area (Å²) in [6.07, 6.45) is 0. The van der Waals surface area contributed by atoms with Gasteiger partial charge in [0.1, 0.15) is 5.56 Å². The second-order valence-corrected chi connectivity index (χ2v) is 6.11. The molecule has 0 saturated heterocycles. The van der Waals surface area contributed by atoms with E-state index in [0.717, 1.165) is 3.57 Å². The Morgan fingerprint density at radius 3 is 2.14 bits per heavy atom. The number of halogens is 3. The number of carbonyl (C=O) groups excluding carboxylic acids is 1. The number of aromatic carboxylic acids is 1. The minimum absolute atomic E-state index is 0.00445. The van der Waals surface area contributed by atoms with Crippen LogP contribution in [0.15, 0.2) is 36.4 Å². The fraction of sp³-hybridized carbons (Fsp3) is 0. The van der Waals surface area contributed by atoms with Crippen LogP contribution in [-0.4, -0.2) is 17.0 Å². The zero-order valence-electron chi connectivity index (χ0n) is 10.4. The third-order valence-corrected chi connectivity index (χ3v) is 4.01. The minimum atomic E-state index is -1.26. The fourth-order valence-electron chi connectivity index (χ4n) is 1.67. The monoisotopic (exact) mass is 435 g/mol. The molecule has 2 rings (SSSR count). The van der Waals surface area contributed by atoms with Gasteiger partial charge < -0.3 is 10.4 Å². The van der Waals surface area contributed by atoms with E-state index in [4.69, 9.17) is 23.2 Å². The maximum Gasteiger partial charge on any atom is 0.339 e. The van der Waals surface area contributed by atoms with Gasteiger partial charge in [-0.2, -0.15) is 0 Å². The molecule has 0 aromatic heterocycles. The van der Waals surface area contributed by atoms with Crippen molar-refractivity contribution in [2.75, 3.05) is 5.32 Å². The Morgan fingerprint density at radius 1 is 1.00 bits per heavy atom. The molecule has 0 aliphatic carbocycles. The van der Waals surface area contributed by atoms with Crippen molar-refractivity contribution in [3.8, 4) is 0 Å². The standard InChI is InChI=1S/C14H8Cl2INO3/c15-9-5-6-10(16)12(11(9)14(20)21)18-13(19)7-1-3-8(17)4-2-7/h1-6H,(H,18,19)(H,20,21). The molecule has 2 aromatic carbocycles. The van der Waals surface area contributed by atoms with Gasteiger partial charge >= 0.3 is 5.97 Å². The SMILES string of the molecule is O=C(Nc1c(Cl)ccc(Cl)c1C(=O)O)c1ccc(I)cc1. The number of carboxylic acid groups (broad SMARTS) is 1. The lowest BCUT2D eigenvalue weighted by Crippen LogP contribution is -2.15. The van der Waals surface area contributed by atoms with Crippen molar-refractivity contribution in [1.29, 1.82) is 0 Å². The second-order valence-electron chi connectivity index (χ2n) is 4.05. The van der Waals surface area contributed by atoms with Gasteiger partial charge in [-0.1, -0.05) is 23.2 Å². The van der Waals surface area contributed by atoms with Gasteiger partial charge in [-0.15, -0.1) is 0 Å². The highest BCUT2D eigenvalue weighted by Crippen LogP contribution is 2.32. The van der Waals surface area contributed by atoms with Gasteiger partial charge in [0, 0.05) is 9.13 Å². The van der Waals surface area contributed by atoms with Gasteiger partial charge in [-0.25, -0.2) is 4.79 Å². The van der Waals surface area contributed by atoms with E-state index in [1.54, 1.807) is 24.3 Å². The van der Waals surface area contributed by atoms with Gasteiger partial charge in [-0.05, 0) is 59.0 Å². The summed E-state index contributed by atoms with van der Waals surface area (Å²) in [7, 11) is 0. The number of anilines is 1. The highest BCUT2D eigenvalue weighted by atomic mass is 127. The zero-order valence-corrected chi connectivity index (χ0v) is 14.0. The van der Waals surface area contributed by atoms with Crippen molar-refractivity contribution in [3.63, 3.8) is 0 Å². The molecule has 4 nitrogen and oxygen atoms in total. The molecule has 0 aliphatic heterocycles. The summed E-state index contributed by atoms with van der Waals surface area (Å²) in [6.45, 7) is 0. The van der Waals surface area contributed by atoms with Gasteiger partial charge in [-0.3, -0.25) is 4.79 Å². The van der Waals surface area contributed by atoms with E-state index in [0.29, 0.717) is 5.56 Å². The number of amides is 1. The number of carbonyl (C=O) groups is 2. The van der Waals surface area contributed by atoms with E-state index in [1.165, 1.54) is 12.1 Å². The van der Waals surface area contributed by atoms with Crippen LogP contribution < -0.4 is 5.32 Å². The topological polar surface area (TPSA) is 66.4 Å². The van der Waals surface area contributed by atoms with Crippen molar-refractivity contribution in [1.82, 2.24) is 0 Å². The van der Waals surface area contributed by atoms with Crippen molar-refractivity contribution in [2.24, 2.45) is 0 Å². The molecule has 2 N–H and O–H groups in total. The molecule has 108 valence electrons. The molecular formula is C14H8Cl2INO3. The normalized spacial score (nSPS) is 10.2. The summed E-state index contributed by atoms with van der Waals surface area (Å²) in [6, 6.07) is 9.61. The minimum Gasteiger partial charge on any atom is -0.478 e. The Labute approximate surface area is 144 Å². The van der Waals surface area contributed by atoms with Crippen LogP contribution in [0, 0.1) is 3.57 Å². The van der Waals surface area contributed by atoms with Crippen LogP contribution in [0.2, 0.25) is 10.0 Å². The lowest BCUT2D eigenvalue weighted by atomic mass is 10.1. The van der Waals surface area contributed by atoms with Gasteiger partial charge in [0.15, 0.2) is 0 Å². The zero-order chi connectivity index (χ0) is 15.6. The molecule has 0 unspecified atom stereocenters. The molecule has 2 aromatic rings. The predicted molar refractivity (Wildman–Crippen MR) is 90.5 cm³/mol. The van der Waals surface area contributed by atoms with Gasteiger partial charge in [0.25, 0.3) is 5.91 Å². The molecule has 0 fully saturated rings. The van der Waals surface area contributed by atoms with E-state index in [1.807, 2.05) is 0 Å². The van der Waals surface area contributed by atoms with Crippen LogP contribution in [0.1, 0.15) is 20.7 Å². The molecule has 0 saturated carbocycles. The number of carboxylic acids is 1. The van der Waals surface area contributed by atoms with Crippen LogP contribution in [0.4, 0.5) is 5.69 Å². The van der Waals surface area contributed by atoms with E-state index in [-0.39, 0.29) is 21.3 Å². The van der Waals surface area contributed by atoms with Gasteiger partial charge in [0.2, 0.25) is 0 Å². The first-order valence-corrected chi connectivity index (χ1v) is 7.52. The molecule has 0 atom stereocenters. The third kappa shape index (κ3) is 3.66. The molecule has 0 aliphatic rings. The third-order valence-electron chi connectivity index (χ3n) is 2.66. The fourth-order valence-corrected chi connectivity index (χ4v) is 2.47. The Balaban J connectivity index is 2.39. The lowest BCUT2D eigenvalue weighted by Gasteiger charge is -2.12. The second kappa shape index (κ2) is 6.64. The van der Waals surface area contributed by atoms with E-state index in [2.05, 4.69) is 27.9 Å². The summed E-state index contributed by atoms with van der Waals surface area (Å²) >= 11 is 13.9. The van der Waals surface area contributed by atoms with E-state index < -0.39 is 11.9 Å². The predicted octanol–water partition coefficient (Wildman–Crippen LogP) is 4.55. The summed E-state index contributed by atoms with van der Waals surface area (Å²) in [5.74, 6) is -1.72. The Morgan fingerprint density at radius 2 is 1.57 bits per heavy atom. The first-order valence-electron chi connectivity index (χ1n) is 5.68. The van der Waals surface area contributed by atoms with Crippen LogP contribution in [0.3, 0.4) is 0 Å². The largest absolute Gasteiger partial charge is 0.478 e. The van der Waals surface area contributed by atoms with Crippen LogP contribution in [0.5, 0.6) is 0 Å². The lowest BCUT2D eigenvalue weighted by molar-refractivity contribution is 0.0698. The highest BCUT2D eigenvalue weighted by molar-refractivity contribution is 14.1. The van der Waals surface area contributed by atoms with Crippen molar-refractivity contribution < 1.29 is 14.7 Å². The van der Waals surface area contributed by atoms with E-state index >= 15 is 0 Å². The molecule has 7 heteroatoms. The number of hydrogen-bond donors (Lipinski definition) is 2. The Hall–Kier alpha value is -1.31. The average molecular weight is 436 g/mol. The Bertz CT molecular complexity index is 717. The summed E-state index contributed by atoms with van der Waals surface area (Å²) in [4.78, 5) is 23.4. The maximum atomic E-state index is 12.2. The smallest absolute Gasteiger partial charge is 0.339 e. The summed E-state index contributed by atoms with van der Waals surface area (Å²) in [5, 5.41) is 11.8. The number of benzene rings is 2. The molecular weight excluding hydrogens is 428 g/mol. The molecule has 0 spiro atoms. The van der Waals surface area contributed by atoms with Crippen molar-refractivity contribution in [2.45, 2.75) is 0 Å². The quantitative estimate of drug-likeness (QED) is 0.695. The number of hydrogen-bond acceptors (Lipinski definition) is 2. The number of rotatable bonds is 3. The molecule has 0 bridgehead atoms. The molecule has 21 heavy (non-hydrogen) atoms. The molecule has 1 amide bonds. The van der Waals surface area contributed by atoms with Crippen LogP contribution in [-0.2, 0) is 0 Å². The first-order chi connectivity index (χ1) is 9.90. The average Bonchev–Trinajstić information content (AvgIpc) is 2.43. The van der Waals surface area contributed by atoms with Crippen molar-refractivity contribution in [3.05, 3.63) is 61.1 Å². The molecule has 0 heterocycles. The van der Waals surface area contributed by atoms with Crippen LogP contribution >= 0.6 is 45.8 Å². The van der Waals surface area contributed by atoms with E-state index in [9.17, 15) is 14.7 Å². The summed E-state index contributed by atoms with van der Waals surface area (Å²) < 4.78 is 0.983. The molecule has 0 radical (unpaired) electrons. The highest BCUT2D eigenvalue weighted by Gasteiger charge is 2.20. The Kier molecular flexibility index (Phi) is 5.08. The van der Waals surface area contributed by atoms with Crippen LogP contribution in [0.25, 0.3) is 0 Å². The maximum absolute atomic E-state index is 12.2. The summed E-state index contributed by atoms with van der Waals surface area (Å²) in [5.41, 5.74) is 0.144. The first kappa shape index (κ1) is 16.1. The van der Waals surface area contributed by atoms with Gasteiger partial charge in [0.05, 0.1) is 15.7 Å². The number of nitrogens with one attached hydrogen (secondary N) is 1.